The molecule has 0 radical (unpaired) electrons. The first-order valence-corrected chi connectivity index (χ1v) is 12.2. The molecule has 1 fully saturated rings. The number of fused-ring (bicyclic) bond motifs is 1. The number of hydrogen-bond acceptors (Lipinski definition) is 6. The van der Waals surface area contributed by atoms with Gasteiger partial charge in [0, 0.05) is 43.2 Å². The molecule has 2 amide bonds. The van der Waals surface area contributed by atoms with Crippen LogP contribution in [0, 0.1) is 6.92 Å². The molecular weight excluding hydrogens is 424 g/mol. The number of anilines is 2. The predicted octanol–water partition coefficient (Wildman–Crippen LogP) is 2.72. The lowest BCUT2D eigenvalue weighted by Crippen LogP contribution is -2.41. The Kier molecular flexibility index (Phi) is 7.68. The van der Waals surface area contributed by atoms with E-state index in [1.165, 1.54) is 11.1 Å². The lowest BCUT2D eigenvalue weighted by Gasteiger charge is -2.27. The number of aryl methyl sites for hydroxylation is 1. The fourth-order valence-electron chi connectivity index (χ4n) is 3.74. The van der Waals surface area contributed by atoms with E-state index < -0.39 is 0 Å². The summed E-state index contributed by atoms with van der Waals surface area (Å²) in [6, 6.07) is 13.6. The zero-order valence-electron chi connectivity index (χ0n) is 18.4. The van der Waals surface area contributed by atoms with Crippen molar-refractivity contribution in [1.82, 2.24) is 10.2 Å². The molecule has 0 aromatic heterocycles. The molecular formula is C24H30N4O3S. The molecule has 0 unspecified atom stereocenters. The quantitative estimate of drug-likeness (QED) is 0.569. The average molecular weight is 455 g/mol. The Balaban J connectivity index is 1.26. The van der Waals surface area contributed by atoms with E-state index in [2.05, 4.69) is 52.0 Å². The highest BCUT2D eigenvalue weighted by Gasteiger charge is 2.26. The maximum atomic E-state index is 12.6. The smallest absolute Gasteiger partial charge is 0.251 e. The molecule has 2 aromatic rings. The minimum Gasteiger partial charge on any atom is -0.379 e. The van der Waals surface area contributed by atoms with Gasteiger partial charge in [0.15, 0.2) is 0 Å². The number of ether oxygens (including phenoxy) is 1. The van der Waals surface area contributed by atoms with Gasteiger partial charge in [-0.15, -0.1) is 0 Å². The first-order chi connectivity index (χ1) is 15.6. The number of carbonyl (C=O) groups is 2. The van der Waals surface area contributed by atoms with Crippen LogP contribution >= 0.6 is 11.8 Å². The van der Waals surface area contributed by atoms with Crippen molar-refractivity contribution in [3.63, 3.8) is 0 Å². The molecule has 2 aliphatic heterocycles. The van der Waals surface area contributed by atoms with E-state index in [1.807, 2.05) is 6.07 Å². The summed E-state index contributed by atoms with van der Waals surface area (Å²) in [7, 11) is 0. The van der Waals surface area contributed by atoms with Gasteiger partial charge in [-0.1, -0.05) is 29.8 Å². The van der Waals surface area contributed by atoms with E-state index in [9.17, 15) is 9.59 Å². The maximum absolute atomic E-state index is 12.6. The van der Waals surface area contributed by atoms with Gasteiger partial charge in [-0.25, -0.2) is 0 Å². The second kappa shape index (κ2) is 10.8. The Morgan fingerprint density at radius 1 is 1.16 bits per heavy atom. The Morgan fingerprint density at radius 3 is 2.72 bits per heavy atom. The minimum absolute atomic E-state index is 0.0706. The predicted molar refractivity (Wildman–Crippen MR) is 129 cm³/mol. The van der Waals surface area contributed by atoms with Crippen LogP contribution in [0.25, 0.3) is 0 Å². The normalized spacial score (nSPS) is 18.4. The van der Waals surface area contributed by atoms with Crippen LogP contribution in [-0.2, 0) is 15.3 Å². The van der Waals surface area contributed by atoms with Crippen molar-refractivity contribution < 1.29 is 14.3 Å². The van der Waals surface area contributed by atoms with Crippen LogP contribution in [0.2, 0.25) is 0 Å². The number of thioether (sulfide) groups is 1. The molecule has 8 heteroatoms. The van der Waals surface area contributed by atoms with Crippen LogP contribution in [0.3, 0.4) is 0 Å². The number of amides is 2. The van der Waals surface area contributed by atoms with Crippen molar-refractivity contribution in [3.8, 4) is 0 Å². The number of hydrogen-bond donors (Lipinski definition) is 3. The number of benzene rings is 2. The highest BCUT2D eigenvalue weighted by molar-refractivity contribution is 7.98. The molecule has 0 spiro atoms. The van der Waals surface area contributed by atoms with Gasteiger partial charge in [-0.05, 0) is 30.7 Å². The van der Waals surface area contributed by atoms with Crippen molar-refractivity contribution in [2.45, 2.75) is 18.7 Å². The van der Waals surface area contributed by atoms with Crippen LogP contribution in [-0.4, -0.2) is 67.9 Å². The Bertz CT molecular complexity index is 945. The molecule has 0 bridgehead atoms. The fraction of sp³-hybridized carbons (Fsp3) is 0.417. The van der Waals surface area contributed by atoms with Crippen molar-refractivity contribution in [3.05, 3.63) is 59.2 Å². The minimum atomic E-state index is -0.300. The van der Waals surface area contributed by atoms with Gasteiger partial charge in [-0.2, -0.15) is 11.8 Å². The summed E-state index contributed by atoms with van der Waals surface area (Å²) in [6.07, 6.45) is 0. The molecule has 32 heavy (non-hydrogen) atoms. The van der Waals surface area contributed by atoms with Gasteiger partial charge in [0.2, 0.25) is 5.91 Å². The van der Waals surface area contributed by atoms with E-state index in [0.717, 1.165) is 44.3 Å². The first kappa shape index (κ1) is 22.6. The number of rotatable bonds is 8. The maximum Gasteiger partial charge on any atom is 0.251 e. The Hall–Kier alpha value is -2.55. The molecule has 2 aliphatic rings. The van der Waals surface area contributed by atoms with Gasteiger partial charge >= 0.3 is 0 Å². The third-order valence-corrected chi connectivity index (χ3v) is 6.78. The Morgan fingerprint density at radius 2 is 1.94 bits per heavy atom. The molecule has 1 saturated heterocycles. The molecule has 0 saturated carbocycles. The summed E-state index contributed by atoms with van der Waals surface area (Å²) in [6.45, 7) is 6.76. The summed E-state index contributed by atoms with van der Waals surface area (Å²) < 4.78 is 5.34. The third kappa shape index (κ3) is 6.03. The van der Waals surface area contributed by atoms with Crippen molar-refractivity contribution >= 4 is 35.0 Å². The molecule has 170 valence electrons. The molecule has 3 N–H and O–H groups in total. The van der Waals surface area contributed by atoms with Crippen LogP contribution in [0.1, 0.15) is 21.5 Å². The largest absolute Gasteiger partial charge is 0.379 e. The summed E-state index contributed by atoms with van der Waals surface area (Å²) >= 11 is 1.73. The van der Waals surface area contributed by atoms with Crippen LogP contribution in [0.5, 0.6) is 0 Å². The van der Waals surface area contributed by atoms with Crippen molar-refractivity contribution in [2.75, 3.05) is 55.8 Å². The van der Waals surface area contributed by atoms with Crippen LogP contribution in [0.15, 0.2) is 42.5 Å². The summed E-state index contributed by atoms with van der Waals surface area (Å²) in [5.74, 6) is 1.33. The van der Waals surface area contributed by atoms with Crippen molar-refractivity contribution in [2.24, 2.45) is 0 Å². The molecule has 7 nitrogen and oxygen atoms in total. The number of nitrogens with one attached hydrogen (secondary N) is 3. The van der Waals surface area contributed by atoms with Gasteiger partial charge in [0.25, 0.3) is 5.91 Å². The lowest BCUT2D eigenvalue weighted by molar-refractivity contribution is -0.116. The fourth-order valence-corrected chi connectivity index (χ4v) is 4.75. The Labute approximate surface area is 193 Å². The van der Waals surface area contributed by atoms with Gasteiger partial charge < -0.3 is 20.7 Å². The van der Waals surface area contributed by atoms with Crippen molar-refractivity contribution in [1.29, 1.82) is 0 Å². The number of nitrogens with zero attached hydrogens (tertiary/aromatic N) is 1. The van der Waals surface area contributed by atoms with Crippen LogP contribution < -0.4 is 16.0 Å². The van der Waals surface area contributed by atoms with E-state index in [-0.39, 0.29) is 17.9 Å². The second-order valence-corrected chi connectivity index (χ2v) is 9.19. The zero-order chi connectivity index (χ0) is 22.3. The SMILES string of the molecule is Cc1ccc(CSC[C@@H]2Nc3ccc(C(=O)NCCN4CCOCC4)cc3NC2=O)cc1. The van der Waals surface area contributed by atoms with E-state index >= 15 is 0 Å². The molecule has 4 rings (SSSR count). The number of carbonyl (C=O) groups excluding carboxylic acids is 2. The third-order valence-electron chi connectivity index (χ3n) is 5.68. The van der Waals surface area contributed by atoms with Gasteiger partial charge in [0.1, 0.15) is 6.04 Å². The topological polar surface area (TPSA) is 82.7 Å². The average Bonchev–Trinajstić information content (AvgIpc) is 2.81. The monoisotopic (exact) mass is 454 g/mol. The lowest BCUT2D eigenvalue weighted by atomic mass is 10.1. The summed E-state index contributed by atoms with van der Waals surface area (Å²) in [5.41, 5.74) is 4.53. The summed E-state index contributed by atoms with van der Waals surface area (Å²) in [4.78, 5) is 27.4. The van der Waals surface area contributed by atoms with Gasteiger partial charge in [-0.3, -0.25) is 14.5 Å². The zero-order valence-corrected chi connectivity index (χ0v) is 19.2. The molecule has 2 aromatic carbocycles. The summed E-state index contributed by atoms with van der Waals surface area (Å²) in [5, 5.41) is 9.23. The van der Waals surface area contributed by atoms with Gasteiger partial charge in [0.05, 0.1) is 24.6 Å². The standard InChI is InChI=1S/C24H30N4O3S/c1-17-2-4-18(5-3-17)15-32-16-22-24(30)27-21-14-19(6-7-20(21)26-22)23(29)25-8-9-28-10-12-31-13-11-28/h2-7,14,22,26H,8-13,15-16H2,1H3,(H,25,29)(H,27,30)/t22-/m0/s1. The highest BCUT2D eigenvalue weighted by Crippen LogP contribution is 2.29. The van der Waals surface area contributed by atoms with E-state index in [1.54, 1.807) is 23.9 Å². The molecule has 2 heterocycles. The molecule has 0 aliphatic carbocycles. The number of morpholine rings is 1. The first-order valence-electron chi connectivity index (χ1n) is 11.0. The van der Waals surface area contributed by atoms with E-state index in [0.29, 0.717) is 23.5 Å². The van der Waals surface area contributed by atoms with E-state index in [4.69, 9.17) is 4.74 Å². The highest BCUT2D eigenvalue weighted by atomic mass is 32.2. The molecule has 1 atom stereocenters. The second-order valence-electron chi connectivity index (χ2n) is 8.16. The van der Waals surface area contributed by atoms with Crippen LogP contribution in [0.4, 0.5) is 11.4 Å².